The SMILES string of the molecule is Cc1cc2c(O)c(c1)C=NCC(C)(C)N=Cc1cc(C)cc(c1O)C=NC(C)(C)CN=C2. The molecule has 32 heavy (non-hydrogen) atoms. The number of phenolic OH excluding ortho intramolecular Hbond substituents is 2. The summed E-state index contributed by atoms with van der Waals surface area (Å²) in [7, 11) is 0. The van der Waals surface area contributed by atoms with E-state index in [1.165, 1.54) is 0 Å². The molecule has 168 valence electrons. The number of fused-ring (bicyclic) bond motifs is 4. The van der Waals surface area contributed by atoms with Crippen LogP contribution in [0.25, 0.3) is 0 Å². The molecule has 0 saturated carbocycles. The molecule has 0 saturated heterocycles. The Hall–Kier alpha value is -3.28. The lowest BCUT2D eigenvalue weighted by atomic mass is 10.0. The molecular weight excluding hydrogens is 400 g/mol. The first-order chi connectivity index (χ1) is 15.0. The van der Waals surface area contributed by atoms with Crippen LogP contribution in [0.15, 0.2) is 44.2 Å². The molecule has 0 spiro atoms. The number of phenols is 2. The van der Waals surface area contributed by atoms with E-state index in [9.17, 15) is 10.2 Å². The van der Waals surface area contributed by atoms with E-state index in [4.69, 9.17) is 0 Å². The summed E-state index contributed by atoms with van der Waals surface area (Å²) in [6.07, 6.45) is 6.74. The van der Waals surface area contributed by atoms with Gasteiger partial charge in [-0.1, -0.05) is 0 Å². The number of hydrogen-bond donors (Lipinski definition) is 2. The predicted octanol–water partition coefficient (Wildman–Crippen LogP) is 4.66. The first-order valence-corrected chi connectivity index (χ1v) is 10.7. The highest BCUT2D eigenvalue weighted by Crippen LogP contribution is 2.25. The number of aromatic hydroxyl groups is 2. The Kier molecular flexibility index (Phi) is 6.63. The molecule has 0 unspecified atom stereocenters. The fourth-order valence-electron chi connectivity index (χ4n) is 3.37. The molecule has 0 radical (unpaired) electrons. The summed E-state index contributed by atoms with van der Waals surface area (Å²) in [5.74, 6) is 0.306. The number of hydrogen-bond acceptors (Lipinski definition) is 6. The second kappa shape index (κ2) is 9.07. The van der Waals surface area contributed by atoms with Gasteiger partial charge in [-0.2, -0.15) is 0 Å². The van der Waals surface area contributed by atoms with Crippen molar-refractivity contribution >= 4 is 24.9 Å². The molecule has 0 amide bonds. The summed E-state index contributed by atoms with van der Waals surface area (Å²) < 4.78 is 0. The van der Waals surface area contributed by atoms with Gasteiger partial charge >= 0.3 is 0 Å². The van der Waals surface area contributed by atoms with Gasteiger partial charge in [-0.15, -0.1) is 0 Å². The molecule has 1 heterocycles. The van der Waals surface area contributed by atoms with E-state index in [-0.39, 0.29) is 11.5 Å². The second-order valence-corrected chi connectivity index (χ2v) is 9.66. The fraction of sp³-hybridized carbons (Fsp3) is 0.385. The van der Waals surface area contributed by atoms with Gasteiger partial charge in [-0.3, -0.25) is 20.0 Å². The number of benzene rings is 2. The molecular formula is C26H32N4O2. The highest BCUT2D eigenvalue weighted by Gasteiger charge is 2.17. The van der Waals surface area contributed by atoms with E-state index in [0.717, 1.165) is 11.1 Å². The lowest BCUT2D eigenvalue weighted by Crippen LogP contribution is -2.22. The predicted molar refractivity (Wildman–Crippen MR) is 134 cm³/mol. The van der Waals surface area contributed by atoms with Gasteiger partial charge in [0.2, 0.25) is 0 Å². The van der Waals surface area contributed by atoms with Crippen molar-refractivity contribution in [1.29, 1.82) is 0 Å². The van der Waals surface area contributed by atoms with Crippen LogP contribution in [0.1, 0.15) is 61.1 Å². The molecule has 6 nitrogen and oxygen atoms in total. The highest BCUT2D eigenvalue weighted by atomic mass is 16.3. The Morgan fingerprint density at radius 2 is 0.906 bits per heavy atom. The number of rotatable bonds is 0. The zero-order valence-corrected chi connectivity index (χ0v) is 19.7. The molecule has 0 aromatic heterocycles. The Balaban J connectivity index is 2.10. The Bertz CT molecular complexity index is 1040. The average Bonchev–Trinajstić information content (AvgIpc) is 2.69. The third kappa shape index (κ3) is 5.90. The zero-order valence-electron chi connectivity index (χ0n) is 19.7. The third-order valence-electron chi connectivity index (χ3n) is 5.15. The van der Waals surface area contributed by atoms with Crippen molar-refractivity contribution in [2.75, 3.05) is 13.1 Å². The lowest BCUT2D eigenvalue weighted by Gasteiger charge is -2.18. The maximum Gasteiger partial charge on any atom is 0.133 e. The summed E-state index contributed by atoms with van der Waals surface area (Å²) >= 11 is 0. The van der Waals surface area contributed by atoms with Gasteiger partial charge in [-0.25, -0.2) is 0 Å². The molecule has 0 atom stereocenters. The van der Waals surface area contributed by atoms with Crippen LogP contribution >= 0.6 is 0 Å². The number of aliphatic imine (C=N–C) groups is 4. The molecule has 6 heteroatoms. The number of nitrogens with zero attached hydrogens (tertiary/aromatic N) is 4. The maximum atomic E-state index is 10.8. The minimum atomic E-state index is -0.488. The fourth-order valence-corrected chi connectivity index (χ4v) is 3.37. The second-order valence-electron chi connectivity index (χ2n) is 9.66. The van der Waals surface area contributed by atoms with Crippen LogP contribution < -0.4 is 0 Å². The largest absolute Gasteiger partial charge is 0.507 e. The first kappa shape index (κ1) is 23.4. The minimum Gasteiger partial charge on any atom is -0.507 e. The first-order valence-electron chi connectivity index (χ1n) is 10.7. The Morgan fingerprint density at radius 1 is 0.594 bits per heavy atom. The van der Waals surface area contributed by atoms with Gasteiger partial charge in [0.25, 0.3) is 0 Å². The van der Waals surface area contributed by atoms with E-state index in [1.54, 1.807) is 24.9 Å². The molecule has 3 rings (SSSR count). The summed E-state index contributed by atoms with van der Waals surface area (Å²) in [6.45, 7) is 12.7. The lowest BCUT2D eigenvalue weighted by molar-refractivity contribution is 0.471. The number of aryl methyl sites for hydroxylation is 2. The molecule has 2 N–H and O–H groups in total. The summed E-state index contributed by atoms with van der Waals surface area (Å²) in [6, 6.07) is 7.59. The van der Waals surface area contributed by atoms with Gasteiger partial charge in [0.1, 0.15) is 11.5 Å². The van der Waals surface area contributed by atoms with E-state index in [0.29, 0.717) is 35.3 Å². The van der Waals surface area contributed by atoms with Gasteiger partial charge in [0.15, 0.2) is 0 Å². The molecule has 2 aromatic rings. The molecule has 1 aliphatic heterocycles. The molecule has 1 aliphatic rings. The van der Waals surface area contributed by atoms with E-state index >= 15 is 0 Å². The smallest absolute Gasteiger partial charge is 0.133 e. The van der Waals surface area contributed by atoms with Crippen molar-refractivity contribution < 1.29 is 10.2 Å². The van der Waals surface area contributed by atoms with Crippen LogP contribution in [0.2, 0.25) is 0 Å². The van der Waals surface area contributed by atoms with Gasteiger partial charge in [-0.05, 0) is 76.9 Å². The molecule has 0 fully saturated rings. The maximum absolute atomic E-state index is 10.8. The van der Waals surface area contributed by atoms with E-state index < -0.39 is 11.1 Å². The monoisotopic (exact) mass is 432 g/mol. The summed E-state index contributed by atoms with van der Waals surface area (Å²) in [4.78, 5) is 18.4. The topological polar surface area (TPSA) is 89.9 Å². The molecule has 0 aliphatic carbocycles. The van der Waals surface area contributed by atoms with E-state index in [1.807, 2.05) is 65.8 Å². The van der Waals surface area contributed by atoms with Crippen LogP contribution in [0.4, 0.5) is 0 Å². The highest BCUT2D eigenvalue weighted by molar-refractivity contribution is 5.93. The van der Waals surface area contributed by atoms with Crippen LogP contribution in [0.3, 0.4) is 0 Å². The van der Waals surface area contributed by atoms with Crippen LogP contribution in [-0.2, 0) is 0 Å². The summed E-state index contributed by atoms with van der Waals surface area (Å²) in [5, 5.41) is 21.5. The van der Waals surface area contributed by atoms with Crippen molar-refractivity contribution in [1.82, 2.24) is 0 Å². The van der Waals surface area contributed by atoms with Crippen LogP contribution in [-0.4, -0.2) is 59.2 Å². The van der Waals surface area contributed by atoms with Gasteiger partial charge < -0.3 is 10.2 Å². The molecule has 2 aromatic carbocycles. The van der Waals surface area contributed by atoms with Crippen molar-refractivity contribution in [2.24, 2.45) is 20.0 Å². The normalized spacial score (nSPS) is 17.7. The zero-order chi connectivity index (χ0) is 23.5. The van der Waals surface area contributed by atoms with Crippen LogP contribution in [0, 0.1) is 13.8 Å². The standard InChI is InChI=1S/C26H32N4O2/c1-17-7-19-11-27-15-25(3,4)29-13-21-9-18(2)10-22(24(21)32)14-30-26(5,6)16-28-12-20(8-17)23(19)31/h7-14,31-32H,15-16H2,1-6H3. The van der Waals surface area contributed by atoms with Crippen molar-refractivity contribution in [2.45, 2.75) is 52.6 Å². The molecule has 4 bridgehead atoms. The Morgan fingerprint density at radius 3 is 1.25 bits per heavy atom. The minimum absolute atomic E-state index is 0.151. The summed E-state index contributed by atoms with van der Waals surface area (Å²) in [5.41, 5.74) is 3.62. The third-order valence-corrected chi connectivity index (χ3v) is 5.15. The van der Waals surface area contributed by atoms with Gasteiger partial charge in [0.05, 0.1) is 24.2 Å². The average molecular weight is 433 g/mol. The quantitative estimate of drug-likeness (QED) is 0.634. The van der Waals surface area contributed by atoms with E-state index in [2.05, 4.69) is 20.0 Å². The van der Waals surface area contributed by atoms with Crippen molar-refractivity contribution in [3.8, 4) is 11.5 Å². The van der Waals surface area contributed by atoms with Gasteiger partial charge in [0, 0.05) is 47.1 Å². The van der Waals surface area contributed by atoms with Crippen LogP contribution in [0.5, 0.6) is 11.5 Å². The van der Waals surface area contributed by atoms with Crippen molar-refractivity contribution in [3.63, 3.8) is 0 Å². The Labute approximate surface area is 190 Å². The van der Waals surface area contributed by atoms with Crippen molar-refractivity contribution in [3.05, 3.63) is 57.6 Å².